The summed E-state index contributed by atoms with van der Waals surface area (Å²) in [7, 11) is 0. The van der Waals surface area contributed by atoms with Crippen LogP contribution >= 0.6 is 11.8 Å². The Morgan fingerprint density at radius 3 is 2.78 bits per heavy atom. The minimum Gasteiger partial charge on any atom is -0.353 e. The van der Waals surface area contributed by atoms with Crippen molar-refractivity contribution in [2.24, 2.45) is 0 Å². The zero-order valence-electron chi connectivity index (χ0n) is 14.5. The van der Waals surface area contributed by atoms with E-state index in [0.717, 1.165) is 49.9 Å². The van der Waals surface area contributed by atoms with Gasteiger partial charge in [-0.1, -0.05) is 13.3 Å². The Morgan fingerprint density at radius 2 is 2.09 bits per heavy atom. The molecule has 1 aromatic heterocycles. The fourth-order valence-corrected chi connectivity index (χ4v) is 3.76. The maximum Gasteiger partial charge on any atom is 0.235 e. The summed E-state index contributed by atoms with van der Waals surface area (Å²) in [6.45, 7) is 9.54. The molecule has 1 amide bonds. The van der Waals surface area contributed by atoms with Crippen molar-refractivity contribution in [2.75, 3.05) is 36.8 Å². The molecule has 0 aliphatic carbocycles. The number of hydrogen-bond donors (Lipinski definition) is 0. The maximum absolute atomic E-state index is 12.6. The lowest BCUT2D eigenvalue weighted by Gasteiger charge is -2.24. The second-order valence-corrected chi connectivity index (χ2v) is 7.51. The first-order valence-electron chi connectivity index (χ1n) is 8.57. The highest BCUT2D eigenvalue weighted by atomic mass is 32.2. The van der Waals surface area contributed by atoms with Crippen LogP contribution in [0.2, 0.25) is 0 Å². The molecule has 1 aliphatic rings. The van der Waals surface area contributed by atoms with Crippen LogP contribution in [0.15, 0.2) is 12.1 Å². The fraction of sp³-hybridized carbons (Fsp3) is 0.706. The summed E-state index contributed by atoms with van der Waals surface area (Å²) in [5, 5.41) is 8.46. The van der Waals surface area contributed by atoms with Gasteiger partial charge in [0.15, 0.2) is 5.82 Å². The molecule has 1 aromatic rings. The molecule has 2 heterocycles. The summed E-state index contributed by atoms with van der Waals surface area (Å²) in [4.78, 5) is 16.8. The predicted molar refractivity (Wildman–Crippen MR) is 97.0 cm³/mol. The number of amides is 1. The van der Waals surface area contributed by atoms with Gasteiger partial charge in [-0.3, -0.25) is 4.79 Å². The van der Waals surface area contributed by atoms with E-state index in [0.29, 0.717) is 0 Å². The van der Waals surface area contributed by atoms with Crippen molar-refractivity contribution in [2.45, 2.75) is 45.3 Å². The second kappa shape index (κ2) is 9.11. The van der Waals surface area contributed by atoms with Gasteiger partial charge < -0.3 is 9.80 Å². The summed E-state index contributed by atoms with van der Waals surface area (Å²) in [6.07, 6.45) is 3.35. The molecule has 1 saturated heterocycles. The number of anilines is 1. The Labute approximate surface area is 143 Å². The summed E-state index contributed by atoms with van der Waals surface area (Å²) in [5.41, 5.74) is 0.929. The molecule has 2 rings (SSSR count). The molecular formula is C17H28N4OS. The van der Waals surface area contributed by atoms with Crippen molar-refractivity contribution in [3.8, 4) is 0 Å². The van der Waals surface area contributed by atoms with E-state index < -0.39 is 0 Å². The lowest BCUT2D eigenvalue weighted by molar-refractivity contribution is -0.130. The molecule has 6 heteroatoms. The van der Waals surface area contributed by atoms with Crippen molar-refractivity contribution in [3.63, 3.8) is 0 Å². The van der Waals surface area contributed by atoms with Crippen LogP contribution in [0.1, 0.15) is 38.8 Å². The monoisotopic (exact) mass is 336 g/mol. The number of carbonyl (C=O) groups is 1. The minimum absolute atomic E-state index is 0.0623. The Hall–Kier alpha value is -1.30. The summed E-state index contributed by atoms with van der Waals surface area (Å²) in [6, 6.07) is 4.01. The first kappa shape index (κ1) is 18.0. The fourth-order valence-electron chi connectivity index (χ4n) is 2.66. The number of thioether (sulfide) groups is 1. The molecule has 0 spiro atoms. The van der Waals surface area contributed by atoms with E-state index in [4.69, 9.17) is 0 Å². The van der Waals surface area contributed by atoms with E-state index >= 15 is 0 Å². The number of aryl methyl sites for hydroxylation is 1. The molecule has 5 nitrogen and oxygen atoms in total. The number of carbonyl (C=O) groups excluding carboxylic acids is 1. The van der Waals surface area contributed by atoms with Gasteiger partial charge in [-0.2, -0.15) is 5.10 Å². The van der Waals surface area contributed by atoms with E-state index in [2.05, 4.69) is 22.0 Å². The Kier molecular flexibility index (Phi) is 7.15. The lowest BCUT2D eigenvalue weighted by Crippen LogP contribution is -2.39. The van der Waals surface area contributed by atoms with Gasteiger partial charge in [0.25, 0.3) is 0 Å². The van der Waals surface area contributed by atoms with Gasteiger partial charge in [-0.05, 0) is 44.6 Å². The highest BCUT2D eigenvalue weighted by Crippen LogP contribution is 2.18. The SMILES string of the molecule is CCCCS[C@@H](C)C(=O)N1CCCN(c2ccc(C)nn2)CC1. The highest BCUT2D eigenvalue weighted by molar-refractivity contribution is 8.00. The van der Waals surface area contributed by atoms with E-state index in [-0.39, 0.29) is 11.2 Å². The third-order valence-corrected chi connectivity index (χ3v) is 5.35. The van der Waals surface area contributed by atoms with Crippen LogP contribution in [0, 0.1) is 6.92 Å². The van der Waals surface area contributed by atoms with Crippen molar-refractivity contribution >= 4 is 23.5 Å². The third kappa shape index (κ3) is 5.37. The van der Waals surface area contributed by atoms with Crippen LogP contribution < -0.4 is 4.90 Å². The molecule has 128 valence electrons. The predicted octanol–water partition coefficient (Wildman–Crippen LogP) is 2.75. The van der Waals surface area contributed by atoms with E-state index in [1.54, 1.807) is 11.8 Å². The number of unbranched alkanes of at least 4 members (excludes halogenated alkanes) is 1. The van der Waals surface area contributed by atoms with Crippen molar-refractivity contribution in [1.82, 2.24) is 15.1 Å². The van der Waals surface area contributed by atoms with Crippen molar-refractivity contribution in [1.29, 1.82) is 0 Å². The standard InChI is InChI=1S/C17H28N4OS/c1-4-5-13-23-15(3)17(22)21-10-6-9-20(11-12-21)16-8-7-14(2)18-19-16/h7-8,15H,4-6,9-13H2,1-3H3/t15-/m0/s1. The smallest absolute Gasteiger partial charge is 0.235 e. The topological polar surface area (TPSA) is 49.3 Å². The molecule has 1 fully saturated rings. The zero-order chi connectivity index (χ0) is 16.7. The number of aromatic nitrogens is 2. The molecule has 1 atom stereocenters. The van der Waals surface area contributed by atoms with E-state index in [1.165, 1.54) is 12.8 Å². The van der Waals surface area contributed by atoms with Crippen LogP contribution in [-0.2, 0) is 4.79 Å². The van der Waals surface area contributed by atoms with Crippen molar-refractivity contribution in [3.05, 3.63) is 17.8 Å². The van der Waals surface area contributed by atoms with Crippen molar-refractivity contribution < 1.29 is 4.79 Å². The van der Waals surface area contributed by atoms with Gasteiger partial charge in [0.1, 0.15) is 0 Å². The van der Waals surface area contributed by atoms with Gasteiger partial charge in [-0.25, -0.2) is 0 Å². The molecule has 0 saturated carbocycles. The van der Waals surface area contributed by atoms with Crippen LogP contribution in [0.25, 0.3) is 0 Å². The Morgan fingerprint density at radius 1 is 1.26 bits per heavy atom. The summed E-state index contributed by atoms with van der Waals surface area (Å²) in [5.74, 6) is 2.26. The molecule has 1 aliphatic heterocycles. The minimum atomic E-state index is 0.0623. The number of rotatable bonds is 6. The van der Waals surface area contributed by atoms with E-state index in [1.807, 2.05) is 30.9 Å². The molecule has 0 N–H and O–H groups in total. The largest absolute Gasteiger partial charge is 0.353 e. The van der Waals surface area contributed by atoms with Gasteiger partial charge in [0.2, 0.25) is 5.91 Å². The van der Waals surface area contributed by atoms with Gasteiger partial charge in [-0.15, -0.1) is 16.9 Å². The Balaban J connectivity index is 1.87. The third-order valence-electron chi connectivity index (χ3n) is 4.13. The molecule has 0 unspecified atom stereocenters. The first-order valence-corrected chi connectivity index (χ1v) is 9.62. The Bertz CT molecular complexity index is 494. The zero-order valence-corrected chi connectivity index (χ0v) is 15.3. The first-order chi connectivity index (χ1) is 11.1. The van der Waals surface area contributed by atoms with Crippen LogP contribution in [0.3, 0.4) is 0 Å². The van der Waals surface area contributed by atoms with Crippen LogP contribution in [0.4, 0.5) is 5.82 Å². The van der Waals surface area contributed by atoms with Crippen LogP contribution in [0.5, 0.6) is 0 Å². The molecule has 0 bridgehead atoms. The number of hydrogen-bond acceptors (Lipinski definition) is 5. The van der Waals surface area contributed by atoms with Gasteiger partial charge in [0, 0.05) is 26.2 Å². The summed E-state index contributed by atoms with van der Waals surface area (Å²) >= 11 is 1.78. The van der Waals surface area contributed by atoms with Gasteiger partial charge >= 0.3 is 0 Å². The normalized spacial score (nSPS) is 17.0. The average Bonchev–Trinajstić information content (AvgIpc) is 2.81. The lowest BCUT2D eigenvalue weighted by atomic mass is 10.3. The molecule has 0 radical (unpaired) electrons. The average molecular weight is 337 g/mol. The van der Waals surface area contributed by atoms with Crippen LogP contribution in [-0.4, -0.2) is 58.2 Å². The number of nitrogens with zero attached hydrogens (tertiary/aromatic N) is 4. The summed E-state index contributed by atoms with van der Waals surface area (Å²) < 4.78 is 0. The quantitative estimate of drug-likeness (QED) is 0.748. The van der Waals surface area contributed by atoms with E-state index in [9.17, 15) is 4.79 Å². The highest BCUT2D eigenvalue weighted by Gasteiger charge is 2.24. The molecular weight excluding hydrogens is 308 g/mol. The molecule has 23 heavy (non-hydrogen) atoms. The molecule has 0 aromatic carbocycles. The second-order valence-electron chi connectivity index (χ2n) is 6.07. The maximum atomic E-state index is 12.6. The van der Waals surface area contributed by atoms with Gasteiger partial charge in [0.05, 0.1) is 10.9 Å².